The molecule has 0 bridgehead atoms. The third-order valence-electron chi connectivity index (χ3n) is 2.22. The topological polar surface area (TPSA) is 38.8 Å². The van der Waals surface area contributed by atoms with Crippen molar-refractivity contribution in [1.29, 1.82) is 0 Å². The van der Waals surface area contributed by atoms with Gasteiger partial charge in [-0.1, -0.05) is 12.1 Å². The first-order valence-corrected chi connectivity index (χ1v) is 4.70. The van der Waals surface area contributed by atoms with Crippen LogP contribution in [-0.4, -0.2) is 24.7 Å². The van der Waals surface area contributed by atoms with Crippen molar-refractivity contribution < 1.29 is 14.4 Å². The fourth-order valence-corrected chi connectivity index (χ4v) is 1.38. The number of hydroxylamine groups is 2. The van der Waals surface area contributed by atoms with E-state index < -0.39 is 0 Å². The predicted octanol–water partition coefficient (Wildman–Crippen LogP) is 1.17. The molecule has 2 rings (SSSR count). The van der Waals surface area contributed by atoms with Gasteiger partial charge in [0, 0.05) is 0 Å². The van der Waals surface area contributed by atoms with Gasteiger partial charge in [-0.25, -0.2) is 5.06 Å². The van der Waals surface area contributed by atoms with Gasteiger partial charge in [-0.3, -0.25) is 9.63 Å². The van der Waals surface area contributed by atoms with Crippen molar-refractivity contribution in [3.8, 4) is 5.75 Å². The van der Waals surface area contributed by atoms with Gasteiger partial charge in [0.25, 0.3) is 5.91 Å². The lowest BCUT2D eigenvalue weighted by atomic mass is 10.2. The fourth-order valence-electron chi connectivity index (χ4n) is 1.38. The Balaban J connectivity index is 2.01. The molecule has 4 heteroatoms. The summed E-state index contributed by atoms with van der Waals surface area (Å²) in [4.78, 5) is 16.3. The standard InChI is InChI=1S/C11H12NO3/c1-14-10-4-2-9(3-5-10)8-12-11(13)6-7-15-12/h2-6H,7-8H2,1H3. The molecule has 0 spiro atoms. The first-order valence-electron chi connectivity index (χ1n) is 4.70. The Morgan fingerprint density at radius 1 is 1.40 bits per heavy atom. The molecular formula is C11H12NO3. The summed E-state index contributed by atoms with van der Waals surface area (Å²) in [5.74, 6) is 0.727. The molecule has 1 aromatic rings. The lowest BCUT2D eigenvalue weighted by Crippen LogP contribution is -2.22. The van der Waals surface area contributed by atoms with Gasteiger partial charge < -0.3 is 4.74 Å². The van der Waals surface area contributed by atoms with E-state index >= 15 is 0 Å². The van der Waals surface area contributed by atoms with Crippen LogP contribution in [0.5, 0.6) is 5.75 Å². The average molecular weight is 206 g/mol. The Morgan fingerprint density at radius 2 is 2.13 bits per heavy atom. The van der Waals surface area contributed by atoms with Crippen LogP contribution in [0.15, 0.2) is 24.3 Å². The Bertz CT molecular complexity index is 347. The molecule has 0 unspecified atom stereocenters. The van der Waals surface area contributed by atoms with Crippen LogP contribution in [0.3, 0.4) is 0 Å². The number of carbonyl (C=O) groups is 1. The number of hydrogen-bond acceptors (Lipinski definition) is 3. The molecule has 1 heterocycles. The Morgan fingerprint density at radius 3 is 2.67 bits per heavy atom. The van der Waals surface area contributed by atoms with E-state index in [1.807, 2.05) is 24.3 Å². The summed E-state index contributed by atoms with van der Waals surface area (Å²) >= 11 is 0. The second-order valence-corrected chi connectivity index (χ2v) is 3.22. The van der Waals surface area contributed by atoms with E-state index in [0.717, 1.165) is 11.3 Å². The number of benzene rings is 1. The van der Waals surface area contributed by atoms with Gasteiger partial charge in [-0.2, -0.15) is 0 Å². The largest absolute Gasteiger partial charge is 0.497 e. The molecule has 1 radical (unpaired) electrons. The number of nitrogens with zero attached hydrogens (tertiary/aromatic N) is 1. The number of carbonyl (C=O) groups excluding carboxylic acids is 1. The van der Waals surface area contributed by atoms with Crippen molar-refractivity contribution in [1.82, 2.24) is 5.06 Å². The third kappa shape index (κ3) is 2.27. The minimum atomic E-state index is -0.0779. The molecule has 0 aromatic heterocycles. The maximum atomic E-state index is 11.2. The Hall–Kier alpha value is -1.55. The van der Waals surface area contributed by atoms with Gasteiger partial charge in [0.1, 0.15) is 5.75 Å². The molecular weight excluding hydrogens is 194 g/mol. The van der Waals surface area contributed by atoms with Crippen molar-refractivity contribution in [3.05, 3.63) is 36.2 Å². The number of amides is 1. The lowest BCUT2D eigenvalue weighted by Gasteiger charge is -2.13. The summed E-state index contributed by atoms with van der Waals surface area (Å²) in [5.41, 5.74) is 1.01. The summed E-state index contributed by atoms with van der Waals surface area (Å²) in [6.07, 6.45) is 1.52. The van der Waals surface area contributed by atoms with Crippen molar-refractivity contribution in [2.45, 2.75) is 6.54 Å². The van der Waals surface area contributed by atoms with Crippen molar-refractivity contribution >= 4 is 5.91 Å². The lowest BCUT2D eigenvalue weighted by molar-refractivity contribution is -0.164. The van der Waals surface area contributed by atoms with Crippen LogP contribution >= 0.6 is 0 Å². The highest BCUT2D eigenvalue weighted by Crippen LogP contribution is 2.15. The van der Waals surface area contributed by atoms with Crippen LogP contribution < -0.4 is 4.74 Å². The van der Waals surface area contributed by atoms with Crippen LogP contribution in [-0.2, 0) is 16.2 Å². The van der Waals surface area contributed by atoms with Crippen molar-refractivity contribution in [2.75, 3.05) is 13.7 Å². The number of ether oxygens (including phenoxy) is 1. The SMILES string of the molecule is COc1ccc(CN2OC[CH]C2=O)cc1. The smallest absolute Gasteiger partial charge is 0.252 e. The molecule has 4 nitrogen and oxygen atoms in total. The fraction of sp³-hybridized carbons (Fsp3) is 0.273. The number of hydrogen-bond donors (Lipinski definition) is 0. The molecule has 79 valence electrons. The van der Waals surface area contributed by atoms with Crippen LogP contribution in [0.4, 0.5) is 0 Å². The molecule has 1 aliphatic rings. The summed E-state index contributed by atoms with van der Waals surface area (Å²) in [6.45, 7) is 0.842. The predicted molar refractivity (Wildman–Crippen MR) is 53.8 cm³/mol. The van der Waals surface area contributed by atoms with Gasteiger partial charge in [0.05, 0.1) is 26.7 Å². The highest BCUT2D eigenvalue weighted by atomic mass is 16.7. The van der Waals surface area contributed by atoms with Crippen LogP contribution in [0.2, 0.25) is 0 Å². The first kappa shape index (κ1) is 9.98. The zero-order chi connectivity index (χ0) is 10.7. The zero-order valence-corrected chi connectivity index (χ0v) is 8.47. The maximum absolute atomic E-state index is 11.2. The van der Waals surface area contributed by atoms with Gasteiger partial charge in [0.2, 0.25) is 0 Å². The summed E-state index contributed by atoms with van der Waals surface area (Å²) in [7, 11) is 1.62. The third-order valence-corrected chi connectivity index (χ3v) is 2.22. The molecule has 0 saturated carbocycles. The second kappa shape index (κ2) is 4.31. The molecule has 15 heavy (non-hydrogen) atoms. The number of methoxy groups -OCH3 is 1. The van der Waals surface area contributed by atoms with Gasteiger partial charge in [-0.15, -0.1) is 0 Å². The molecule has 0 N–H and O–H groups in total. The Kier molecular flexibility index (Phi) is 2.87. The molecule has 1 aliphatic heterocycles. The highest BCUT2D eigenvalue weighted by molar-refractivity contribution is 5.85. The minimum Gasteiger partial charge on any atom is -0.497 e. The minimum absolute atomic E-state index is 0.0779. The normalized spacial score (nSPS) is 15.8. The quantitative estimate of drug-likeness (QED) is 0.745. The van der Waals surface area contributed by atoms with Crippen LogP contribution in [0.25, 0.3) is 0 Å². The van der Waals surface area contributed by atoms with Gasteiger partial charge in [-0.05, 0) is 17.7 Å². The first-order chi connectivity index (χ1) is 7.29. The van der Waals surface area contributed by atoms with Gasteiger partial charge in [0.15, 0.2) is 0 Å². The van der Waals surface area contributed by atoms with E-state index in [1.165, 1.54) is 11.5 Å². The zero-order valence-electron chi connectivity index (χ0n) is 8.47. The number of rotatable bonds is 3. The van der Waals surface area contributed by atoms with E-state index in [9.17, 15) is 4.79 Å². The van der Waals surface area contributed by atoms with E-state index in [1.54, 1.807) is 7.11 Å². The van der Waals surface area contributed by atoms with Crippen LogP contribution in [0.1, 0.15) is 5.56 Å². The molecule has 1 amide bonds. The molecule has 1 fully saturated rings. The Labute approximate surface area is 88.4 Å². The molecule has 0 atom stereocenters. The monoisotopic (exact) mass is 206 g/mol. The summed E-state index contributed by atoms with van der Waals surface area (Å²) in [5, 5.41) is 1.35. The second-order valence-electron chi connectivity index (χ2n) is 3.22. The molecule has 1 aromatic carbocycles. The molecule has 0 aliphatic carbocycles. The van der Waals surface area contributed by atoms with Crippen molar-refractivity contribution in [2.24, 2.45) is 0 Å². The molecule has 1 saturated heterocycles. The van der Waals surface area contributed by atoms with E-state index in [0.29, 0.717) is 13.2 Å². The summed E-state index contributed by atoms with van der Waals surface area (Å²) < 4.78 is 5.04. The average Bonchev–Trinajstić information content (AvgIpc) is 2.66. The van der Waals surface area contributed by atoms with E-state index in [4.69, 9.17) is 9.57 Å². The van der Waals surface area contributed by atoms with E-state index in [-0.39, 0.29) is 5.91 Å². The van der Waals surface area contributed by atoms with Gasteiger partial charge >= 0.3 is 0 Å². The maximum Gasteiger partial charge on any atom is 0.252 e. The van der Waals surface area contributed by atoms with E-state index in [2.05, 4.69) is 0 Å². The van der Waals surface area contributed by atoms with Crippen molar-refractivity contribution in [3.63, 3.8) is 0 Å². The van der Waals surface area contributed by atoms with Crippen LogP contribution in [0, 0.1) is 6.42 Å². The summed E-state index contributed by atoms with van der Waals surface area (Å²) in [6, 6.07) is 7.54. The highest BCUT2D eigenvalue weighted by Gasteiger charge is 2.21.